The summed E-state index contributed by atoms with van der Waals surface area (Å²) in [5.41, 5.74) is 0.736. The molecule has 1 aromatic carbocycles. The van der Waals surface area contributed by atoms with Crippen molar-refractivity contribution in [2.75, 3.05) is 20.2 Å². The number of carboxylic acid groups (broad SMARTS) is 1. The quantitative estimate of drug-likeness (QED) is 0.825. The summed E-state index contributed by atoms with van der Waals surface area (Å²) < 4.78 is 10.7. The van der Waals surface area contributed by atoms with Gasteiger partial charge in [-0.05, 0) is 13.0 Å². The van der Waals surface area contributed by atoms with E-state index in [-0.39, 0.29) is 6.10 Å². The molecule has 0 aromatic heterocycles. The van der Waals surface area contributed by atoms with Crippen LogP contribution in [0.2, 0.25) is 5.02 Å². The number of benzene rings is 1. The number of β-amino-alcohol motifs (C(OH)–C–C–N with tert-alkyl or cyclic N) is 1. The van der Waals surface area contributed by atoms with Crippen LogP contribution in [0.15, 0.2) is 12.1 Å². The van der Waals surface area contributed by atoms with Gasteiger partial charge in [-0.25, -0.2) is 4.79 Å². The molecule has 0 saturated carbocycles. The van der Waals surface area contributed by atoms with E-state index >= 15 is 0 Å². The molecule has 0 bridgehead atoms. The number of likely N-dealkylation sites (tertiary alicyclic amines) is 1. The van der Waals surface area contributed by atoms with Gasteiger partial charge in [0, 0.05) is 36.3 Å². The number of methoxy groups -OCH3 is 1. The second-order valence-electron chi connectivity index (χ2n) is 5.04. The van der Waals surface area contributed by atoms with Crippen LogP contribution in [0.25, 0.3) is 0 Å². The fraction of sp³-hybridized carbons (Fsp3) is 0.500. The molecule has 21 heavy (non-hydrogen) atoms. The van der Waals surface area contributed by atoms with E-state index < -0.39 is 12.1 Å². The molecule has 0 aliphatic carbocycles. The first kappa shape index (κ1) is 15.9. The van der Waals surface area contributed by atoms with Crippen molar-refractivity contribution >= 4 is 17.6 Å². The largest absolute Gasteiger partial charge is 0.493 e. The van der Waals surface area contributed by atoms with Crippen molar-refractivity contribution in [1.82, 2.24) is 4.90 Å². The van der Waals surface area contributed by atoms with Crippen LogP contribution in [0, 0.1) is 0 Å². The zero-order valence-electron chi connectivity index (χ0n) is 11.9. The molecule has 0 radical (unpaired) electrons. The van der Waals surface area contributed by atoms with Gasteiger partial charge in [-0.15, -0.1) is 0 Å². The lowest BCUT2D eigenvalue weighted by Gasteiger charge is -2.36. The molecule has 0 spiro atoms. The van der Waals surface area contributed by atoms with Gasteiger partial charge in [-0.3, -0.25) is 4.90 Å². The van der Waals surface area contributed by atoms with Gasteiger partial charge in [-0.2, -0.15) is 0 Å². The Kier molecular flexibility index (Phi) is 4.92. The summed E-state index contributed by atoms with van der Waals surface area (Å²) in [4.78, 5) is 13.0. The molecule has 7 heteroatoms. The van der Waals surface area contributed by atoms with Crippen LogP contribution in [0.4, 0.5) is 0 Å². The lowest BCUT2D eigenvalue weighted by atomic mass is 10.1. The lowest BCUT2D eigenvalue weighted by Crippen LogP contribution is -2.49. The zero-order chi connectivity index (χ0) is 15.6. The number of aliphatic hydroxyl groups excluding tert-OH is 1. The van der Waals surface area contributed by atoms with Crippen molar-refractivity contribution in [3.05, 3.63) is 22.7 Å². The van der Waals surface area contributed by atoms with Crippen molar-refractivity contribution in [2.24, 2.45) is 0 Å². The first-order chi connectivity index (χ1) is 9.90. The van der Waals surface area contributed by atoms with Gasteiger partial charge in [0.05, 0.1) is 13.2 Å². The van der Waals surface area contributed by atoms with E-state index in [1.807, 2.05) is 4.90 Å². The molecule has 1 saturated heterocycles. The highest BCUT2D eigenvalue weighted by Crippen LogP contribution is 2.36. The van der Waals surface area contributed by atoms with Gasteiger partial charge in [0.1, 0.15) is 0 Å². The number of carboxylic acids is 1. The Hall–Kier alpha value is -1.50. The van der Waals surface area contributed by atoms with Crippen LogP contribution >= 0.6 is 11.6 Å². The fourth-order valence-electron chi connectivity index (χ4n) is 2.17. The van der Waals surface area contributed by atoms with Crippen molar-refractivity contribution < 1.29 is 24.5 Å². The third kappa shape index (κ3) is 3.78. The molecule has 0 unspecified atom stereocenters. The Morgan fingerprint density at radius 2 is 2.19 bits per heavy atom. The minimum absolute atomic E-state index is 0.312. The molecule has 1 atom stereocenters. The number of carbonyl (C=O) groups is 1. The molecule has 6 nitrogen and oxygen atoms in total. The molecule has 2 rings (SSSR count). The number of aliphatic hydroxyl groups is 1. The molecule has 0 amide bonds. The maximum atomic E-state index is 11.0. The number of hydrogen-bond acceptors (Lipinski definition) is 5. The highest BCUT2D eigenvalue weighted by atomic mass is 35.5. The summed E-state index contributed by atoms with van der Waals surface area (Å²) in [5, 5.41) is 18.8. The SMILES string of the molecule is COc1cc(Cl)cc(CN2CC(O)C2)c1O[C@H](C)C(=O)O. The minimum atomic E-state index is -1.06. The maximum Gasteiger partial charge on any atom is 0.344 e. The summed E-state index contributed by atoms with van der Waals surface area (Å²) in [6.07, 6.45) is -1.31. The van der Waals surface area contributed by atoms with E-state index in [9.17, 15) is 9.90 Å². The van der Waals surface area contributed by atoms with Crippen LogP contribution in [-0.2, 0) is 11.3 Å². The zero-order valence-corrected chi connectivity index (χ0v) is 12.6. The Labute approximate surface area is 127 Å². The van der Waals surface area contributed by atoms with Crippen LogP contribution < -0.4 is 9.47 Å². The molecule has 1 aromatic rings. The highest BCUT2D eigenvalue weighted by molar-refractivity contribution is 6.30. The summed E-state index contributed by atoms with van der Waals surface area (Å²) in [7, 11) is 1.47. The van der Waals surface area contributed by atoms with Gasteiger partial charge in [-0.1, -0.05) is 11.6 Å². The van der Waals surface area contributed by atoms with Gasteiger partial charge < -0.3 is 19.7 Å². The Morgan fingerprint density at radius 1 is 1.52 bits per heavy atom. The molecule has 1 aliphatic rings. The Balaban J connectivity index is 2.27. The predicted octanol–water partition coefficient (Wildman–Crippen LogP) is 1.38. The van der Waals surface area contributed by atoms with Crippen molar-refractivity contribution in [2.45, 2.75) is 25.7 Å². The van der Waals surface area contributed by atoms with Crippen LogP contribution in [0.5, 0.6) is 11.5 Å². The number of nitrogens with zero attached hydrogens (tertiary/aromatic N) is 1. The number of aliphatic carboxylic acids is 1. The standard InChI is InChI=1S/C14H18ClNO5/c1-8(14(18)19)21-13-9(5-16-6-11(17)7-16)3-10(15)4-12(13)20-2/h3-4,8,11,17H,5-7H2,1-2H3,(H,18,19)/t8-/m1/s1. The summed E-state index contributed by atoms with van der Waals surface area (Å²) in [6.45, 7) is 3.11. The summed E-state index contributed by atoms with van der Waals surface area (Å²) in [5.74, 6) is -0.290. The molecule has 116 valence electrons. The van der Waals surface area contributed by atoms with Gasteiger partial charge in [0.25, 0.3) is 0 Å². The number of hydrogen-bond donors (Lipinski definition) is 2. The Bertz CT molecular complexity index is 530. The number of ether oxygens (including phenoxy) is 2. The second kappa shape index (κ2) is 6.51. The van der Waals surface area contributed by atoms with Crippen LogP contribution in [0.1, 0.15) is 12.5 Å². The molecule has 1 aliphatic heterocycles. The van der Waals surface area contributed by atoms with Crippen LogP contribution in [0.3, 0.4) is 0 Å². The maximum absolute atomic E-state index is 11.0. The van der Waals surface area contributed by atoms with Gasteiger partial charge in [0.2, 0.25) is 0 Å². The topological polar surface area (TPSA) is 79.2 Å². The predicted molar refractivity (Wildman–Crippen MR) is 77.0 cm³/mol. The second-order valence-corrected chi connectivity index (χ2v) is 5.48. The average Bonchev–Trinajstić information content (AvgIpc) is 2.39. The first-order valence-corrected chi connectivity index (χ1v) is 6.94. The Morgan fingerprint density at radius 3 is 2.71 bits per heavy atom. The van der Waals surface area contributed by atoms with E-state index in [0.29, 0.717) is 36.2 Å². The van der Waals surface area contributed by atoms with Crippen LogP contribution in [-0.4, -0.2) is 53.5 Å². The lowest BCUT2D eigenvalue weighted by molar-refractivity contribution is -0.144. The van der Waals surface area contributed by atoms with Crippen molar-refractivity contribution in [3.63, 3.8) is 0 Å². The first-order valence-electron chi connectivity index (χ1n) is 6.57. The molecular formula is C14H18ClNO5. The minimum Gasteiger partial charge on any atom is -0.493 e. The monoisotopic (exact) mass is 315 g/mol. The highest BCUT2D eigenvalue weighted by Gasteiger charge is 2.27. The molecular weight excluding hydrogens is 298 g/mol. The van der Waals surface area contributed by atoms with Gasteiger partial charge >= 0.3 is 5.97 Å². The normalized spacial score (nSPS) is 17.1. The average molecular weight is 316 g/mol. The fourth-order valence-corrected chi connectivity index (χ4v) is 2.40. The van der Waals surface area contributed by atoms with Crippen molar-refractivity contribution in [3.8, 4) is 11.5 Å². The van der Waals surface area contributed by atoms with E-state index in [2.05, 4.69) is 0 Å². The molecule has 1 heterocycles. The van der Waals surface area contributed by atoms with E-state index in [1.54, 1.807) is 12.1 Å². The summed E-state index contributed by atoms with van der Waals surface area (Å²) in [6, 6.07) is 3.30. The third-order valence-electron chi connectivity index (χ3n) is 3.29. The van der Waals surface area contributed by atoms with E-state index in [1.165, 1.54) is 14.0 Å². The number of rotatable bonds is 6. The number of halogens is 1. The smallest absolute Gasteiger partial charge is 0.344 e. The van der Waals surface area contributed by atoms with Crippen molar-refractivity contribution in [1.29, 1.82) is 0 Å². The molecule has 1 fully saturated rings. The van der Waals surface area contributed by atoms with E-state index in [4.69, 9.17) is 26.2 Å². The molecule has 2 N–H and O–H groups in total. The van der Waals surface area contributed by atoms with E-state index in [0.717, 1.165) is 5.56 Å². The third-order valence-corrected chi connectivity index (χ3v) is 3.51. The van der Waals surface area contributed by atoms with Gasteiger partial charge in [0.15, 0.2) is 17.6 Å². The summed E-state index contributed by atoms with van der Waals surface area (Å²) >= 11 is 6.05.